The molecule has 25 heavy (non-hydrogen) atoms. The molecule has 2 aliphatic carbocycles. The van der Waals surface area contributed by atoms with Crippen molar-refractivity contribution >= 4 is 10.0 Å². The SMILES string of the molecule is O=S(=O)(c1ccc2c(c1)CCCC2)N1CCn2nc(C3CC3)cc2C1. The molecule has 1 saturated carbocycles. The Labute approximate surface area is 148 Å². The molecule has 1 aromatic heterocycles. The average molecular weight is 357 g/mol. The highest BCUT2D eigenvalue weighted by Crippen LogP contribution is 2.40. The number of rotatable bonds is 3. The summed E-state index contributed by atoms with van der Waals surface area (Å²) >= 11 is 0. The second-order valence-corrected chi connectivity index (χ2v) is 9.47. The lowest BCUT2D eigenvalue weighted by atomic mass is 9.92. The van der Waals surface area contributed by atoms with Crippen LogP contribution in [0.25, 0.3) is 0 Å². The summed E-state index contributed by atoms with van der Waals surface area (Å²) < 4.78 is 29.9. The summed E-state index contributed by atoms with van der Waals surface area (Å²) in [7, 11) is -3.44. The van der Waals surface area contributed by atoms with Crippen LogP contribution in [0.1, 0.15) is 54.1 Å². The average Bonchev–Trinajstić information content (AvgIpc) is 3.40. The number of sulfonamides is 1. The second-order valence-electron chi connectivity index (χ2n) is 7.53. The Balaban J connectivity index is 1.43. The van der Waals surface area contributed by atoms with Crippen LogP contribution in [-0.2, 0) is 36.0 Å². The van der Waals surface area contributed by atoms with E-state index < -0.39 is 10.0 Å². The summed E-state index contributed by atoms with van der Waals surface area (Å²) in [6.07, 6.45) is 6.86. The third-order valence-electron chi connectivity index (χ3n) is 5.74. The van der Waals surface area contributed by atoms with Gasteiger partial charge in [-0.1, -0.05) is 6.07 Å². The predicted molar refractivity (Wildman–Crippen MR) is 94.9 cm³/mol. The minimum absolute atomic E-state index is 0.430. The van der Waals surface area contributed by atoms with Gasteiger partial charge in [-0.15, -0.1) is 0 Å². The molecule has 0 atom stereocenters. The zero-order valence-corrected chi connectivity index (χ0v) is 15.1. The van der Waals surface area contributed by atoms with Gasteiger partial charge in [0.25, 0.3) is 0 Å². The largest absolute Gasteiger partial charge is 0.267 e. The lowest BCUT2D eigenvalue weighted by Crippen LogP contribution is -2.38. The fourth-order valence-corrected chi connectivity index (χ4v) is 5.52. The highest BCUT2D eigenvalue weighted by molar-refractivity contribution is 7.89. The number of fused-ring (bicyclic) bond motifs is 2. The summed E-state index contributed by atoms with van der Waals surface area (Å²) in [4.78, 5) is 0.448. The maximum Gasteiger partial charge on any atom is 0.243 e. The molecule has 3 aliphatic rings. The number of hydrogen-bond acceptors (Lipinski definition) is 3. The highest BCUT2D eigenvalue weighted by Gasteiger charge is 2.32. The van der Waals surface area contributed by atoms with E-state index in [0.29, 0.717) is 30.4 Å². The number of benzene rings is 1. The third kappa shape index (κ3) is 2.72. The van der Waals surface area contributed by atoms with Crippen LogP contribution >= 0.6 is 0 Å². The van der Waals surface area contributed by atoms with Gasteiger partial charge in [-0.05, 0) is 67.9 Å². The number of nitrogens with zero attached hydrogens (tertiary/aromatic N) is 3. The van der Waals surface area contributed by atoms with Crippen molar-refractivity contribution in [1.82, 2.24) is 14.1 Å². The van der Waals surface area contributed by atoms with Gasteiger partial charge in [0.05, 0.1) is 29.4 Å². The van der Waals surface area contributed by atoms with Crippen molar-refractivity contribution in [3.05, 3.63) is 46.8 Å². The Morgan fingerprint density at radius 1 is 1.00 bits per heavy atom. The Bertz CT molecular complexity index is 928. The topological polar surface area (TPSA) is 55.2 Å². The van der Waals surface area contributed by atoms with Crippen molar-refractivity contribution in [1.29, 1.82) is 0 Å². The lowest BCUT2D eigenvalue weighted by Gasteiger charge is -2.27. The first-order chi connectivity index (χ1) is 12.1. The standard InChI is InChI=1S/C19H23N3O2S/c23-25(24,18-8-7-14-3-1-2-4-16(14)11-18)21-9-10-22-17(13-21)12-19(20-22)15-5-6-15/h7-8,11-12,15H,1-6,9-10,13H2. The summed E-state index contributed by atoms with van der Waals surface area (Å²) in [6.45, 7) is 1.57. The molecule has 0 N–H and O–H groups in total. The van der Waals surface area contributed by atoms with E-state index in [-0.39, 0.29) is 0 Å². The van der Waals surface area contributed by atoms with E-state index in [1.54, 1.807) is 10.4 Å². The third-order valence-corrected chi connectivity index (χ3v) is 7.58. The lowest BCUT2D eigenvalue weighted by molar-refractivity contribution is 0.326. The van der Waals surface area contributed by atoms with Gasteiger partial charge in [0, 0.05) is 12.5 Å². The number of hydrogen-bond donors (Lipinski definition) is 0. The summed E-state index contributed by atoms with van der Waals surface area (Å²) in [5.74, 6) is 0.601. The minimum Gasteiger partial charge on any atom is -0.267 e. The summed E-state index contributed by atoms with van der Waals surface area (Å²) in [5, 5.41) is 4.65. The van der Waals surface area contributed by atoms with Gasteiger partial charge in [-0.25, -0.2) is 8.42 Å². The molecule has 0 spiro atoms. The molecule has 0 bridgehead atoms. The van der Waals surface area contributed by atoms with E-state index >= 15 is 0 Å². The van der Waals surface area contributed by atoms with E-state index in [9.17, 15) is 8.42 Å². The van der Waals surface area contributed by atoms with Gasteiger partial charge >= 0.3 is 0 Å². The van der Waals surface area contributed by atoms with E-state index in [2.05, 4.69) is 11.2 Å². The molecule has 0 unspecified atom stereocenters. The van der Waals surface area contributed by atoms with Crippen molar-refractivity contribution in [2.45, 2.75) is 62.4 Å². The molecular weight excluding hydrogens is 334 g/mol. The number of aryl methyl sites for hydroxylation is 2. The van der Waals surface area contributed by atoms with Crippen molar-refractivity contribution in [2.75, 3.05) is 6.54 Å². The molecule has 0 radical (unpaired) electrons. The first-order valence-corrected chi connectivity index (χ1v) is 10.7. The smallest absolute Gasteiger partial charge is 0.243 e. The maximum atomic E-state index is 13.1. The Hall–Kier alpha value is -1.66. The maximum absolute atomic E-state index is 13.1. The Morgan fingerprint density at radius 2 is 1.80 bits per heavy atom. The first kappa shape index (κ1) is 15.6. The molecule has 1 aromatic carbocycles. The zero-order chi connectivity index (χ0) is 17.0. The van der Waals surface area contributed by atoms with Gasteiger partial charge in [0.15, 0.2) is 0 Å². The van der Waals surface area contributed by atoms with Gasteiger partial charge in [0.2, 0.25) is 10.0 Å². The summed E-state index contributed by atoms with van der Waals surface area (Å²) in [6, 6.07) is 7.82. The second kappa shape index (κ2) is 5.68. The molecule has 2 aromatic rings. The molecular formula is C19H23N3O2S. The van der Waals surface area contributed by atoms with Crippen molar-refractivity contribution in [3.8, 4) is 0 Å². The van der Waals surface area contributed by atoms with Gasteiger partial charge < -0.3 is 0 Å². The van der Waals surface area contributed by atoms with Crippen molar-refractivity contribution < 1.29 is 8.42 Å². The van der Waals surface area contributed by atoms with Gasteiger partial charge in [-0.2, -0.15) is 9.40 Å². The van der Waals surface area contributed by atoms with Gasteiger partial charge in [-0.3, -0.25) is 4.68 Å². The van der Waals surface area contributed by atoms with E-state index in [1.165, 1.54) is 30.4 Å². The fourth-order valence-electron chi connectivity index (χ4n) is 4.07. The quantitative estimate of drug-likeness (QED) is 0.849. The minimum atomic E-state index is -3.44. The predicted octanol–water partition coefficient (Wildman–Crippen LogP) is 2.84. The molecule has 0 saturated heterocycles. The van der Waals surface area contributed by atoms with Crippen LogP contribution in [0.4, 0.5) is 0 Å². The van der Waals surface area contributed by atoms with Crippen LogP contribution in [0, 0.1) is 0 Å². The molecule has 2 heterocycles. The van der Waals surface area contributed by atoms with Crippen LogP contribution in [0.5, 0.6) is 0 Å². The van der Waals surface area contributed by atoms with Crippen LogP contribution in [0.15, 0.2) is 29.2 Å². The van der Waals surface area contributed by atoms with E-state index in [4.69, 9.17) is 0 Å². The molecule has 132 valence electrons. The molecule has 1 fully saturated rings. The Kier molecular flexibility index (Phi) is 3.54. The molecule has 1 aliphatic heterocycles. The number of aromatic nitrogens is 2. The van der Waals surface area contributed by atoms with E-state index in [1.807, 2.05) is 16.8 Å². The van der Waals surface area contributed by atoms with Crippen molar-refractivity contribution in [2.24, 2.45) is 0 Å². The van der Waals surface area contributed by atoms with Crippen molar-refractivity contribution in [3.63, 3.8) is 0 Å². The van der Waals surface area contributed by atoms with Gasteiger partial charge in [0.1, 0.15) is 0 Å². The molecule has 0 amide bonds. The van der Waals surface area contributed by atoms with Crippen LogP contribution < -0.4 is 0 Å². The van der Waals surface area contributed by atoms with Crippen LogP contribution in [0.3, 0.4) is 0 Å². The highest BCUT2D eigenvalue weighted by atomic mass is 32.2. The van der Waals surface area contributed by atoms with E-state index in [0.717, 1.165) is 30.7 Å². The molecule has 5 nitrogen and oxygen atoms in total. The zero-order valence-electron chi connectivity index (χ0n) is 14.3. The molecule has 6 heteroatoms. The van der Waals surface area contributed by atoms with Crippen LogP contribution in [0.2, 0.25) is 0 Å². The summed E-state index contributed by atoms with van der Waals surface area (Å²) in [5.41, 5.74) is 4.69. The fraction of sp³-hybridized carbons (Fsp3) is 0.526. The monoisotopic (exact) mass is 357 g/mol. The Morgan fingerprint density at radius 3 is 2.60 bits per heavy atom. The normalized spacial score (nSPS) is 21.0. The first-order valence-electron chi connectivity index (χ1n) is 9.30. The molecule has 5 rings (SSSR count). The van der Waals surface area contributed by atoms with Crippen LogP contribution in [-0.4, -0.2) is 29.0 Å².